The second-order valence-corrected chi connectivity index (χ2v) is 7.52. The summed E-state index contributed by atoms with van der Waals surface area (Å²) in [6.45, 7) is 0.809. The Kier molecular flexibility index (Phi) is 5.32. The Morgan fingerprint density at radius 1 is 1.32 bits per heavy atom. The minimum atomic E-state index is -0.280. The Labute approximate surface area is 164 Å². The smallest absolute Gasteiger partial charge is 0.225 e. The van der Waals surface area contributed by atoms with Gasteiger partial charge in [0.2, 0.25) is 11.8 Å². The zero-order valence-electron chi connectivity index (χ0n) is 16.0. The molecule has 2 aromatic rings. The Morgan fingerprint density at radius 2 is 2.14 bits per heavy atom. The van der Waals surface area contributed by atoms with Gasteiger partial charge in [-0.1, -0.05) is 30.1 Å². The summed E-state index contributed by atoms with van der Waals surface area (Å²) in [7, 11) is 1.61. The van der Waals surface area contributed by atoms with Gasteiger partial charge in [0.15, 0.2) is 5.76 Å². The van der Waals surface area contributed by atoms with Crippen LogP contribution < -0.4 is 10.1 Å². The maximum Gasteiger partial charge on any atom is 0.225 e. The van der Waals surface area contributed by atoms with Gasteiger partial charge in [0.05, 0.1) is 19.6 Å². The summed E-state index contributed by atoms with van der Waals surface area (Å²) in [6, 6.07) is 9.65. The number of nitrogens with one attached hydrogen (secondary N) is 1. The van der Waals surface area contributed by atoms with Crippen molar-refractivity contribution in [2.75, 3.05) is 13.7 Å². The fraction of sp³-hybridized carbons (Fsp3) is 0.476. The molecule has 0 spiro atoms. The van der Waals surface area contributed by atoms with Crippen molar-refractivity contribution < 1.29 is 18.8 Å². The van der Waals surface area contributed by atoms with Gasteiger partial charge in [-0.15, -0.1) is 0 Å². The Hall–Kier alpha value is -2.83. The number of carbonyl (C=O) groups is 2. The van der Waals surface area contributed by atoms with E-state index in [1.54, 1.807) is 13.2 Å². The minimum absolute atomic E-state index is 0.0974. The van der Waals surface area contributed by atoms with Crippen LogP contribution in [0.2, 0.25) is 0 Å². The maximum absolute atomic E-state index is 12.5. The molecule has 148 valence electrons. The highest BCUT2D eigenvalue weighted by Crippen LogP contribution is 2.29. The number of rotatable bonds is 6. The van der Waals surface area contributed by atoms with Crippen LogP contribution in [-0.4, -0.2) is 41.6 Å². The SMILES string of the molecule is COc1cccc(-c2cc(CNC(=O)[C@H]3CC(=O)N(C4CCCC4)C3)no2)c1. The van der Waals surface area contributed by atoms with E-state index in [4.69, 9.17) is 9.26 Å². The van der Waals surface area contributed by atoms with Crippen LogP contribution in [0.4, 0.5) is 0 Å². The van der Waals surface area contributed by atoms with E-state index in [-0.39, 0.29) is 24.3 Å². The van der Waals surface area contributed by atoms with E-state index in [0.29, 0.717) is 30.5 Å². The van der Waals surface area contributed by atoms with E-state index in [9.17, 15) is 9.59 Å². The largest absolute Gasteiger partial charge is 0.497 e. The lowest BCUT2D eigenvalue weighted by atomic mass is 10.1. The summed E-state index contributed by atoms with van der Waals surface area (Å²) < 4.78 is 10.6. The molecule has 1 atom stereocenters. The molecule has 7 nitrogen and oxygen atoms in total. The fourth-order valence-corrected chi connectivity index (χ4v) is 4.11. The molecule has 1 aromatic carbocycles. The van der Waals surface area contributed by atoms with Gasteiger partial charge in [0, 0.05) is 30.6 Å². The molecule has 1 aromatic heterocycles. The molecule has 2 fully saturated rings. The van der Waals surface area contributed by atoms with Gasteiger partial charge in [-0.25, -0.2) is 0 Å². The summed E-state index contributed by atoms with van der Waals surface area (Å²) in [5.41, 5.74) is 1.50. The molecule has 1 saturated heterocycles. The van der Waals surface area contributed by atoms with Crippen molar-refractivity contribution in [3.05, 3.63) is 36.0 Å². The molecule has 0 radical (unpaired) electrons. The molecule has 1 N–H and O–H groups in total. The van der Waals surface area contributed by atoms with E-state index < -0.39 is 0 Å². The molecular weight excluding hydrogens is 358 g/mol. The number of carbonyl (C=O) groups excluding carboxylic acids is 2. The third kappa shape index (κ3) is 3.88. The monoisotopic (exact) mass is 383 g/mol. The third-order valence-corrected chi connectivity index (χ3v) is 5.65. The summed E-state index contributed by atoms with van der Waals surface area (Å²) in [5, 5.41) is 6.93. The van der Waals surface area contributed by atoms with Crippen molar-refractivity contribution in [3.63, 3.8) is 0 Å². The van der Waals surface area contributed by atoms with E-state index in [1.165, 1.54) is 12.8 Å². The molecule has 4 rings (SSSR count). The van der Waals surface area contributed by atoms with Crippen LogP contribution in [0.15, 0.2) is 34.9 Å². The molecule has 1 aliphatic carbocycles. The second kappa shape index (κ2) is 8.04. The number of aromatic nitrogens is 1. The first-order valence-electron chi connectivity index (χ1n) is 9.81. The molecule has 7 heteroatoms. The van der Waals surface area contributed by atoms with Crippen molar-refractivity contribution in [2.24, 2.45) is 5.92 Å². The predicted molar refractivity (Wildman–Crippen MR) is 102 cm³/mol. The average molecular weight is 383 g/mol. The number of benzene rings is 1. The maximum atomic E-state index is 12.5. The van der Waals surface area contributed by atoms with Crippen molar-refractivity contribution in [1.82, 2.24) is 15.4 Å². The number of hydrogen-bond acceptors (Lipinski definition) is 5. The molecule has 1 saturated carbocycles. The van der Waals surface area contributed by atoms with Gasteiger partial charge >= 0.3 is 0 Å². The standard InChI is InChI=1S/C21H25N3O4/c1-27-18-8-4-5-14(9-18)19-11-16(23-28-19)12-22-21(26)15-10-20(25)24(13-15)17-6-2-3-7-17/h4-5,8-9,11,15,17H,2-3,6-7,10,12-13H2,1H3,(H,22,26)/t15-/m0/s1. The Morgan fingerprint density at radius 3 is 2.93 bits per heavy atom. The van der Waals surface area contributed by atoms with Gasteiger partial charge in [0.25, 0.3) is 0 Å². The number of likely N-dealkylation sites (tertiary alicyclic amines) is 1. The van der Waals surface area contributed by atoms with Crippen molar-refractivity contribution >= 4 is 11.8 Å². The lowest BCUT2D eigenvalue weighted by Crippen LogP contribution is -2.36. The average Bonchev–Trinajstić information content (AvgIpc) is 3.46. The van der Waals surface area contributed by atoms with E-state index in [0.717, 1.165) is 24.2 Å². The molecule has 2 heterocycles. The number of methoxy groups -OCH3 is 1. The molecule has 2 amide bonds. The number of ether oxygens (including phenoxy) is 1. The summed E-state index contributed by atoms with van der Waals surface area (Å²) in [4.78, 5) is 26.7. The second-order valence-electron chi connectivity index (χ2n) is 7.52. The first kappa shape index (κ1) is 18.5. The highest BCUT2D eigenvalue weighted by Gasteiger charge is 2.38. The van der Waals surface area contributed by atoms with E-state index in [1.807, 2.05) is 29.2 Å². The molecular formula is C21H25N3O4. The molecule has 1 aliphatic heterocycles. The highest BCUT2D eigenvalue weighted by atomic mass is 16.5. The van der Waals surface area contributed by atoms with Gasteiger partial charge in [0.1, 0.15) is 11.4 Å². The fourth-order valence-electron chi connectivity index (χ4n) is 4.11. The van der Waals surface area contributed by atoms with Crippen LogP contribution in [0.25, 0.3) is 11.3 Å². The Balaban J connectivity index is 1.33. The van der Waals surface area contributed by atoms with E-state index in [2.05, 4.69) is 10.5 Å². The van der Waals surface area contributed by atoms with Gasteiger partial charge < -0.3 is 19.5 Å². The molecule has 2 aliphatic rings. The summed E-state index contributed by atoms with van der Waals surface area (Å²) >= 11 is 0. The first-order valence-corrected chi connectivity index (χ1v) is 9.81. The van der Waals surface area contributed by atoms with Crippen LogP contribution in [0, 0.1) is 5.92 Å². The lowest BCUT2D eigenvalue weighted by molar-refractivity contribution is -0.130. The summed E-state index contributed by atoms with van der Waals surface area (Å²) in [6.07, 6.45) is 4.77. The van der Waals surface area contributed by atoms with Crippen LogP contribution in [0.1, 0.15) is 37.8 Å². The topological polar surface area (TPSA) is 84.7 Å². The van der Waals surface area contributed by atoms with Crippen molar-refractivity contribution in [2.45, 2.75) is 44.7 Å². The van der Waals surface area contributed by atoms with Crippen molar-refractivity contribution in [1.29, 1.82) is 0 Å². The number of nitrogens with zero attached hydrogens (tertiary/aromatic N) is 2. The first-order chi connectivity index (χ1) is 13.6. The predicted octanol–water partition coefficient (Wildman–Crippen LogP) is 2.76. The van der Waals surface area contributed by atoms with Gasteiger partial charge in [-0.3, -0.25) is 9.59 Å². The van der Waals surface area contributed by atoms with Gasteiger partial charge in [-0.05, 0) is 25.0 Å². The number of amides is 2. The van der Waals surface area contributed by atoms with Crippen molar-refractivity contribution in [3.8, 4) is 17.1 Å². The number of hydrogen-bond donors (Lipinski definition) is 1. The quantitative estimate of drug-likeness (QED) is 0.829. The minimum Gasteiger partial charge on any atom is -0.497 e. The van der Waals surface area contributed by atoms with E-state index >= 15 is 0 Å². The lowest BCUT2D eigenvalue weighted by Gasteiger charge is -2.23. The third-order valence-electron chi connectivity index (χ3n) is 5.65. The van der Waals surface area contributed by atoms with Crippen LogP contribution in [0.5, 0.6) is 5.75 Å². The Bertz CT molecular complexity index is 857. The normalized spacial score (nSPS) is 20.0. The molecule has 28 heavy (non-hydrogen) atoms. The van der Waals surface area contributed by atoms with Crippen LogP contribution in [0.3, 0.4) is 0 Å². The highest BCUT2D eigenvalue weighted by molar-refractivity contribution is 5.89. The van der Waals surface area contributed by atoms with Crippen LogP contribution >= 0.6 is 0 Å². The van der Waals surface area contributed by atoms with Crippen LogP contribution in [-0.2, 0) is 16.1 Å². The molecule has 0 bridgehead atoms. The molecule has 0 unspecified atom stereocenters. The summed E-state index contributed by atoms with van der Waals surface area (Å²) in [5.74, 6) is 1.08. The zero-order chi connectivity index (χ0) is 19.5. The zero-order valence-corrected chi connectivity index (χ0v) is 16.0. The van der Waals surface area contributed by atoms with Gasteiger partial charge in [-0.2, -0.15) is 0 Å².